The van der Waals surface area contributed by atoms with Crippen LogP contribution in [0, 0.1) is 0 Å². The molecule has 1 saturated heterocycles. The van der Waals surface area contributed by atoms with E-state index in [0.29, 0.717) is 30.4 Å². The van der Waals surface area contributed by atoms with Crippen LogP contribution in [-0.2, 0) is 16.6 Å². The molecule has 2 aromatic heterocycles. The topological polar surface area (TPSA) is 66.4 Å². The molecule has 0 saturated carbocycles. The van der Waals surface area contributed by atoms with Crippen LogP contribution in [0.3, 0.4) is 0 Å². The maximum atomic E-state index is 12.6. The van der Waals surface area contributed by atoms with E-state index in [2.05, 4.69) is 31.0 Å². The van der Waals surface area contributed by atoms with Crippen LogP contribution in [0.2, 0.25) is 0 Å². The average molecular weight is 455 g/mol. The van der Waals surface area contributed by atoms with E-state index in [0.717, 1.165) is 19.7 Å². The molecule has 0 atom stereocenters. The van der Waals surface area contributed by atoms with E-state index in [-0.39, 0.29) is 0 Å². The highest BCUT2D eigenvalue weighted by atomic mass is 79.9. The van der Waals surface area contributed by atoms with Gasteiger partial charge in [-0.2, -0.15) is 4.31 Å². The molecular weight excluding hydrogens is 440 g/mol. The van der Waals surface area contributed by atoms with Crippen molar-refractivity contribution in [2.24, 2.45) is 0 Å². The number of thioether (sulfide) groups is 1. The lowest BCUT2D eigenvalue weighted by Gasteiger charge is -2.33. The Hall–Kier alpha value is -0.0400. The summed E-state index contributed by atoms with van der Waals surface area (Å²) in [7, 11) is -3.37. The summed E-state index contributed by atoms with van der Waals surface area (Å²) >= 11 is 7.76. The third-order valence-electron chi connectivity index (χ3n) is 3.46. The molecular formula is C12H15BrN4O2S4. The second-order valence-electron chi connectivity index (χ2n) is 4.90. The first-order chi connectivity index (χ1) is 11.0. The van der Waals surface area contributed by atoms with Gasteiger partial charge in [-0.25, -0.2) is 8.42 Å². The minimum Gasteiger partial charge on any atom is -0.294 e. The lowest BCUT2D eigenvalue weighted by atomic mass is 10.3. The Morgan fingerprint density at radius 2 is 1.96 bits per heavy atom. The van der Waals surface area contributed by atoms with Crippen LogP contribution in [0.1, 0.15) is 5.01 Å². The lowest BCUT2D eigenvalue weighted by molar-refractivity contribution is 0.181. The van der Waals surface area contributed by atoms with Crippen molar-refractivity contribution < 1.29 is 8.42 Å². The molecule has 23 heavy (non-hydrogen) atoms. The number of halogens is 1. The van der Waals surface area contributed by atoms with Gasteiger partial charge in [0.1, 0.15) is 9.22 Å². The standard InChI is InChI=1S/C12H15BrN4O2S4/c1-20-12-15-14-10(22-12)8-16-4-6-17(7-5-16)23(18,19)11-3-2-9(13)21-11/h2-3H,4-8H2,1H3. The molecule has 126 valence electrons. The molecule has 0 N–H and O–H groups in total. The Bertz CT molecular complexity index is 768. The fraction of sp³-hybridized carbons (Fsp3) is 0.500. The fourth-order valence-corrected chi connectivity index (χ4v) is 7.21. The zero-order chi connectivity index (χ0) is 16.4. The van der Waals surface area contributed by atoms with Crippen molar-refractivity contribution in [2.45, 2.75) is 15.1 Å². The normalized spacial score (nSPS) is 17.7. The van der Waals surface area contributed by atoms with Gasteiger partial charge >= 0.3 is 0 Å². The molecule has 3 rings (SSSR count). The molecule has 0 spiro atoms. The van der Waals surface area contributed by atoms with Gasteiger partial charge in [-0.15, -0.1) is 21.5 Å². The molecule has 6 nitrogen and oxygen atoms in total. The lowest BCUT2D eigenvalue weighted by Crippen LogP contribution is -2.48. The van der Waals surface area contributed by atoms with Crippen LogP contribution in [0.25, 0.3) is 0 Å². The Balaban J connectivity index is 1.59. The minimum absolute atomic E-state index is 0.395. The molecule has 1 aliphatic rings. The van der Waals surface area contributed by atoms with E-state index < -0.39 is 10.0 Å². The van der Waals surface area contributed by atoms with Crippen molar-refractivity contribution in [3.8, 4) is 0 Å². The number of nitrogens with zero attached hydrogens (tertiary/aromatic N) is 4. The van der Waals surface area contributed by atoms with Gasteiger partial charge in [0.25, 0.3) is 10.0 Å². The number of thiophene rings is 1. The van der Waals surface area contributed by atoms with Crippen LogP contribution >= 0.6 is 50.4 Å². The van der Waals surface area contributed by atoms with Gasteiger partial charge in [-0.05, 0) is 34.3 Å². The monoisotopic (exact) mass is 454 g/mol. The van der Waals surface area contributed by atoms with Crippen molar-refractivity contribution >= 4 is 60.4 Å². The van der Waals surface area contributed by atoms with Crippen molar-refractivity contribution in [2.75, 3.05) is 32.4 Å². The molecule has 11 heteroatoms. The number of piperazine rings is 1. The van der Waals surface area contributed by atoms with E-state index >= 15 is 0 Å². The van der Waals surface area contributed by atoms with E-state index in [9.17, 15) is 8.42 Å². The number of aromatic nitrogens is 2. The summed E-state index contributed by atoms with van der Waals surface area (Å²) in [5, 5.41) is 9.24. The van der Waals surface area contributed by atoms with Crippen LogP contribution in [0.4, 0.5) is 0 Å². The largest absolute Gasteiger partial charge is 0.294 e. The average Bonchev–Trinajstić information content (AvgIpc) is 3.17. The summed E-state index contributed by atoms with van der Waals surface area (Å²) in [6.07, 6.45) is 1.98. The van der Waals surface area contributed by atoms with Crippen molar-refractivity contribution in [1.82, 2.24) is 19.4 Å². The zero-order valence-electron chi connectivity index (χ0n) is 12.3. The predicted octanol–water partition coefficient (Wildman–Crippen LogP) is 2.59. The highest BCUT2D eigenvalue weighted by molar-refractivity contribution is 9.11. The summed E-state index contributed by atoms with van der Waals surface area (Å²) in [5.41, 5.74) is 0. The van der Waals surface area contributed by atoms with Gasteiger partial charge in [0.2, 0.25) is 0 Å². The summed E-state index contributed by atoms with van der Waals surface area (Å²) < 4.78 is 28.9. The van der Waals surface area contributed by atoms with E-state index in [1.54, 1.807) is 39.5 Å². The van der Waals surface area contributed by atoms with Crippen LogP contribution in [0.15, 0.2) is 24.5 Å². The second kappa shape index (κ2) is 7.46. The third-order valence-corrected chi connectivity index (χ3v) is 9.33. The molecule has 1 aliphatic heterocycles. The summed E-state index contributed by atoms with van der Waals surface area (Å²) in [5.74, 6) is 0. The van der Waals surface area contributed by atoms with Gasteiger partial charge in [0, 0.05) is 26.2 Å². The number of sulfonamides is 1. The van der Waals surface area contributed by atoms with E-state index in [1.807, 2.05) is 6.26 Å². The Kier molecular flexibility index (Phi) is 5.76. The fourth-order valence-electron chi connectivity index (χ4n) is 2.27. The Morgan fingerprint density at radius 3 is 2.52 bits per heavy atom. The second-order valence-corrected chi connectivity index (χ2v) is 11.6. The number of rotatable bonds is 5. The molecule has 2 aromatic rings. The zero-order valence-corrected chi connectivity index (χ0v) is 17.2. The maximum Gasteiger partial charge on any atom is 0.252 e. The Morgan fingerprint density at radius 1 is 1.22 bits per heavy atom. The summed E-state index contributed by atoms with van der Waals surface area (Å²) in [4.78, 5) is 2.22. The Labute approximate surface area is 156 Å². The van der Waals surface area contributed by atoms with Gasteiger partial charge in [-0.1, -0.05) is 23.1 Å². The van der Waals surface area contributed by atoms with Gasteiger partial charge in [0.15, 0.2) is 4.34 Å². The van der Waals surface area contributed by atoms with Crippen molar-refractivity contribution in [3.05, 3.63) is 20.9 Å². The molecule has 0 radical (unpaired) electrons. The summed E-state index contributed by atoms with van der Waals surface area (Å²) in [6.45, 7) is 3.16. The van der Waals surface area contributed by atoms with E-state index in [4.69, 9.17) is 0 Å². The molecule has 0 aromatic carbocycles. The smallest absolute Gasteiger partial charge is 0.252 e. The van der Waals surface area contributed by atoms with Gasteiger partial charge in [-0.3, -0.25) is 4.90 Å². The van der Waals surface area contributed by atoms with Gasteiger partial charge < -0.3 is 0 Å². The molecule has 0 bridgehead atoms. The maximum absolute atomic E-state index is 12.6. The van der Waals surface area contributed by atoms with Crippen LogP contribution < -0.4 is 0 Å². The molecule has 0 aliphatic carbocycles. The molecule has 0 amide bonds. The molecule has 0 unspecified atom stereocenters. The van der Waals surface area contributed by atoms with Crippen LogP contribution in [0.5, 0.6) is 0 Å². The highest BCUT2D eigenvalue weighted by Crippen LogP contribution is 2.29. The van der Waals surface area contributed by atoms with Crippen molar-refractivity contribution in [3.63, 3.8) is 0 Å². The van der Waals surface area contributed by atoms with E-state index in [1.165, 1.54) is 11.3 Å². The van der Waals surface area contributed by atoms with Gasteiger partial charge in [0.05, 0.1) is 10.3 Å². The minimum atomic E-state index is -3.37. The summed E-state index contributed by atoms with van der Waals surface area (Å²) in [6, 6.07) is 3.42. The van der Waals surface area contributed by atoms with Crippen molar-refractivity contribution in [1.29, 1.82) is 0 Å². The predicted molar refractivity (Wildman–Crippen MR) is 97.7 cm³/mol. The first kappa shape index (κ1) is 17.8. The first-order valence-electron chi connectivity index (χ1n) is 6.83. The highest BCUT2D eigenvalue weighted by Gasteiger charge is 2.29. The third kappa shape index (κ3) is 4.14. The number of hydrogen-bond acceptors (Lipinski definition) is 8. The SMILES string of the molecule is CSc1nnc(CN2CCN(S(=O)(=O)c3ccc(Br)s3)CC2)s1. The quantitative estimate of drug-likeness (QED) is 0.646. The van der Waals surface area contributed by atoms with Crippen LogP contribution in [-0.4, -0.2) is 60.3 Å². The first-order valence-corrected chi connectivity index (χ1v) is 11.9. The molecule has 3 heterocycles. The molecule has 1 fully saturated rings. The number of hydrogen-bond donors (Lipinski definition) is 0.